The molecule has 0 spiro atoms. The Morgan fingerprint density at radius 1 is 1.21 bits per heavy atom. The zero-order valence-corrected chi connectivity index (χ0v) is 17.0. The first-order valence-corrected chi connectivity index (χ1v) is 9.28. The van der Waals surface area contributed by atoms with Gasteiger partial charge in [0.15, 0.2) is 18.1 Å². The molecule has 2 aromatic heterocycles. The molecule has 0 aliphatic carbocycles. The molecule has 0 atom stereocenters. The maximum absolute atomic E-state index is 12.5. The Morgan fingerprint density at radius 2 is 1.90 bits per heavy atom. The fraction of sp³-hybridized carbons (Fsp3) is 0.263. The number of aromatic nitrogens is 4. The van der Waals surface area contributed by atoms with Crippen LogP contribution in [0.25, 0.3) is 0 Å². The third-order valence-corrected chi connectivity index (χ3v) is 4.81. The summed E-state index contributed by atoms with van der Waals surface area (Å²) in [6.45, 7) is 6.31. The van der Waals surface area contributed by atoms with Gasteiger partial charge in [-0.25, -0.2) is 4.68 Å². The maximum atomic E-state index is 12.5. The molecule has 0 aliphatic rings. The minimum atomic E-state index is -0.722. The van der Waals surface area contributed by atoms with Crippen LogP contribution in [0.15, 0.2) is 30.6 Å². The number of nitrogens with two attached hydrogens (primary N) is 1. The van der Waals surface area contributed by atoms with Crippen LogP contribution in [0.2, 0.25) is 5.02 Å². The van der Waals surface area contributed by atoms with E-state index in [1.807, 2.05) is 32.9 Å². The summed E-state index contributed by atoms with van der Waals surface area (Å²) in [7, 11) is 0. The van der Waals surface area contributed by atoms with E-state index in [1.165, 1.54) is 9.36 Å². The molecule has 0 radical (unpaired) electrons. The molecule has 3 N–H and O–H groups in total. The molecule has 10 heteroatoms. The van der Waals surface area contributed by atoms with Gasteiger partial charge in [0.25, 0.3) is 11.8 Å². The number of aryl methyl sites for hydroxylation is 3. The number of carbonyl (C=O) groups is 2. The molecular weight excluding hydrogens is 396 g/mol. The number of benzene rings is 1. The number of halogens is 1. The molecule has 0 aliphatic heterocycles. The Labute approximate surface area is 172 Å². The Balaban J connectivity index is 1.68. The van der Waals surface area contributed by atoms with Crippen LogP contribution in [0.1, 0.15) is 39.0 Å². The Hall–Kier alpha value is -3.33. The van der Waals surface area contributed by atoms with Crippen molar-refractivity contribution in [2.45, 2.75) is 34.0 Å². The molecule has 3 aromatic rings. The van der Waals surface area contributed by atoms with Gasteiger partial charge in [-0.3, -0.25) is 14.3 Å². The lowest BCUT2D eigenvalue weighted by Gasteiger charge is -2.10. The average molecular weight is 417 g/mol. The predicted molar refractivity (Wildman–Crippen MR) is 108 cm³/mol. The minimum Gasteiger partial charge on any atom is -0.471 e. The third-order valence-electron chi connectivity index (χ3n) is 4.21. The molecule has 0 saturated carbocycles. The summed E-state index contributed by atoms with van der Waals surface area (Å²) in [5.74, 6) is -0.552. The van der Waals surface area contributed by atoms with Gasteiger partial charge in [0.05, 0.1) is 5.69 Å². The van der Waals surface area contributed by atoms with Crippen molar-refractivity contribution in [3.63, 3.8) is 0 Å². The second-order valence-electron chi connectivity index (χ2n) is 6.45. The molecule has 0 bridgehead atoms. The van der Waals surface area contributed by atoms with Crippen molar-refractivity contribution in [1.29, 1.82) is 0 Å². The van der Waals surface area contributed by atoms with Gasteiger partial charge < -0.3 is 15.8 Å². The number of amides is 2. The van der Waals surface area contributed by atoms with Gasteiger partial charge in [-0.1, -0.05) is 11.6 Å². The molecule has 0 fully saturated rings. The highest BCUT2D eigenvalue weighted by Crippen LogP contribution is 2.26. The van der Waals surface area contributed by atoms with Crippen LogP contribution < -0.4 is 15.8 Å². The Kier molecular flexibility index (Phi) is 5.88. The van der Waals surface area contributed by atoms with E-state index in [0.29, 0.717) is 17.3 Å². The van der Waals surface area contributed by atoms with E-state index in [4.69, 9.17) is 22.1 Å². The van der Waals surface area contributed by atoms with Gasteiger partial charge in [0.2, 0.25) is 0 Å². The fourth-order valence-corrected chi connectivity index (χ4v) is 2.84. The minimum absolute atomic E-state index is 0.00329. The number of hydrogen-bond donors (Lipinski definition) is 2. The molecule has 152 valence electrons. The smallest absolute Gasteiger partial charge is 0.276 e. The van der Waals surface area contributed by atoms with Gasteiger partial charge in [0.1, 0.15) is 5.75 Å². The van der Waals surface area contributed by atoms with Crippen LogP contribution in [0.4, 0.5) is 5.69 Å². The van der Waals surface area contributed by atoms with Crippen molar-refractivity contribution in [3.8, 4) is 5.75 Å². The molecular formula is C19H21ClN6O3. The largest absolute Gasteiger partial charge is 0.471 e. The van der Waals surface area contributed by atoms with Crippen molar-refractivity contribution >= 4 is 29.1 Å². The SMILES string of the molecule is CCn1cc(NC(=O)c2ccn(COc3cc(C)c(Cl)c(C)c3)n2)c(C(N)=O)n1. The molecule has 2 amide bonds. The van der Waals surface area contributed by atoms with Crippen LogP contribution in [-0.2, 0) is 13.3 Å². The Morgan fingerprint density at radius 3 is 2.52 bits per heavy atom. The molecule has 0 unspecified atom stereocenters. The van der Waals surface area contributed by atoms with Crippen LogP contribution in [0.5, 0.6) is 5.75 Å². The van der Waals surface area contributed by atoms with E-state index in [-0.39, 0.29) is 23.8 Å². The summed E-state index contributed by atoms with van der Waals surface area (Å²) >= 11 is 6.16. The van der Waals surface area contributed by atoms with E-state index in [9.17, 15) is 9.59 Å². The van der Waals surface area contributed by atoms with Crippen molar-refractivity contribution in [1.82, 2.24) is 19.6 Å². The predicted octanol–water partition coefficient (Wildman–Crippen LogP) is 2.76. The molecule has 0 saturated heterocycles. The van der Waals surface area contributed by atoms with Crippen molar-refractivity contribution in [2.75, 3.05) is 5.32 Å². The highest BCUT2D eigenvalue weighted by atomic mass is 35.5. The van der Waals surface area contributed by atoms with Gasteiger partial charge in [-0.05, 0) is 50.1 Å². The lowest BCUT2D eigenvalue weighted by molar-refractivity contribution is 0.0995. The molecule has 9 nitrogen and oxygen atoms in total. The third kappa shape index (κ3) is 4.57. The van der Waals surface area contributed by atoms with Crippen LogP contribution in [0.3, 0.4) is 0 Å². The van der Waals surface area contributed by atoms with E-state index < -0.39 is 11.8 Å². The first-order valence-electron chi connectivity index (χ1n) is 8.90. The van der Waals surface area contributed by atoms with E-state index in [2.05, 4.69) is 15.5 Å². The summed E-state index contributed by atoms with van der Waals surface area (Å²) in [5.41, 5.74) is 7.55. The number of primary amides is 1. The van der Waals surface area contributed by atoms with E-state index in [0.717, 1.165) is 11.1 Å². The number of carbonyl (C=O) groups excluding carboxylic acids is 2. The summed E-state index contributed by atoms with van der Waals surface area (Å²) in [4.78, 5) is 24.0. The van der Waals surface area contributed by atoms with Gasteiger partial charge in [0, 0.05) is 24.0 Å². The van der Waals surface area contributed by atoms with Gasteiger partial charge >= 0.3 is 0 Å². The molecule has 1 aromatic carbocycles. The number of ether oxygens (including phenoxy) is 1. The zero-order chi connectivity index (χ0) is 21.1. The summed E-state index contributed by atoms with van der Waals surface area (Å²) in [6.07, 6.45) is 3.16. The average Bonchev–Trinajstić information content (AvgIpc) is 3.31. The molecule has 2 heterocycles. The van der Waals surface area contributed by atoms with Gasteiger partial charge in [-0.2, -0.15) is 10.2 Å². The number of anilines is 1. The normalized spacial score (nSPS) is 10.8. The van der Waals surface area contributed by atoms with Crippen LogP contribution >= 0.6 is 11.6 Å². The first kappa shape index (κ1) is 20.4. The zero-order valence-electron chi connectivity index (χ0n) is 16.3. The number of nitrogens with one attached hydrogen (secondary N) is 1. The highest BCUT2D eigenvalue weighted by molar-refractivity contribution is 6.32. The number of hydrogen-bond acceptors (Lipinski definition) is 5. The lowest BCUT2D eigenvalue weighted by Crippen LogP contribution is -2.18. The second-order valence-corrected chi connectivity index (χ2v) is 6.83. The van der Waals surface area contributed by atoms with Crippen molar-refractivity contribution in [3.05, 3.63) is 58.1 Å². The number of nitrogens with zero attached hydrogens (tertiary/aromatic N) is 4. The highest BCUT2D eigenvalue weighted by Gasteiger charge is 2.18. The maximum Gasteiger partial charge on any atom is 0.276 e. The second kappa shape index (κ2) is 8.36. The number of rotatable bonds is 7. The summed E-state index contributed by atoms with van der Waals surface area (Å²) in [5, 5.41) is 11.6. The van der Waals surface area contributed by atoms with E-state index >= 15 is 0 Å². The monoisotopic (exact) mass is 416 g/mol. The first-order chi connectivity index (χ1) is 13.8. The summed E-state index contributed by atoms with van der Waals surface area (Å²) in [6, 6.07) is 5.22. The van der Waals surface area contributed by atoms with E-state index in [1.54, 1.807) is 18.5 Å². The van der Waals surface area contributed by atoms with Crippen LogP contribution in [-0.4, -0.2) is 31.4 Å². The standard InChI is InChI=1S/C19H21ClN6O3/c1-4-25-9-15(17(24-25)18(21)27)22-19(28)14-5-6-26(23-14)10-29-13-7-11(2)16(20)12(3)8-13/h5-9H,4,10H2,1-3H3,(H2,21,27)(H,22,28). The molecule has 3 rings (SSSR count). The quantitative estimate of drug-likeness (QED) is 0.614. The topological polar surface area (TPSA) is 117 Å². The van der Waals surface area contributed by atoms with Crippen molar-refractivity contribution in [2.24, 2.45) is 5.73 Å². The lowest BCUT2D eigenvalue weighted by atomic mass is 10.1. The Bertz CT molecular complexity index is 1050. The van der Waals surface area contributed by atoms with Gasteiger partial charge in [-0.15, -0.1) is 0 Å². The fourth-order valence-electron chi connectivity index (χ4n) is 2.73. The summed E-state index contributed by atoms with van der Waals surface area (Å²) < 4.78 is 8.72. The van der Waals surface area contributed by atoms with Crippen molar-refractivity contribution < 1.29 is 14.3 Å². The van der Waals surface area contributed by atoms with Crippen LogP contribution in [0, 0.1) is 13.8 Å². The molecule has 29 heavy (non-hydrogen) atoms.